The monoisotopic (exact) mass is 296 g/mol. The number of halogens is 1. The molecule has 5 heteroatoms. The zero-order valence-corrected chi connectivity index (χ0v) is 12.8. The fraction of sp³-hybridized carbons (Fsp3) is 0.294. The number of imidazole rings is 1. The molecule has 1 atom stereocenters. The summed E-state index contributed by atoms with van der Waals surface area (Å²) in [5.41, 5.74) is 0.458. The Kier molecular flexibility index (Phi) is 3.25. The molecule has 1 aliphatic carbocycles. The van der Waals surface area contributed by atoms with Gasteiger partial charge in [0.15, 0.2) is 0 Å². The van der Waals surface area contributed by atoms with Gasteiger partial charge < -0.3 is 9.47 Å². The van der Waals surface area contributed by atoms with Gasteiger partial charge in [-0.15, -0.1) is 0 Å². The van der Waals surface area contributed by atoms with E-state index in [1.54, 1.807) is 18.5 Å². The Morgan fingerprint density at radius 3 is 2.91 bits per heavy atom. The van der Waals surface area contributed by atoms with E-state index in [1.165, 1.54) is 6.07 Å². The molecule has 1 aromatic carbocycles. The van der Waals surface area contributed by atoms with E-state index in [1.807, 2.05) is 29.6 Å². The summed E-state index contributed by atoms with van der Waals surface area (Å²) in [5.74, 6) is -0.382. The zero-order valence-electron chi connectivity index (χ0n) is 12.8. The summed E-state index contributed by atoms with van der Waals surface area (Å²) >= 11 is 0. The summed E-state index contributed by atoms with van der Waals surface area (Å²) in [7, 11) is 3.82. The third-order valence-corrected chi connectivity index (χ3v) is 4.37. The summed E-state index contributed by atoms with van der Waals surface area (Å²) in [6.07, 6.45) is 6.72. The Labute approximate surface area is 128 Å². The molecule has 4 nitrogen and oxygen atoms in total. The molecule has 0 spiro atoms. The van der Waals surface area contributed by atoms with Crippen LogP contribution in [-0.2, 0) is 7.05 Å². The van der Waals surface area contributed by atoms with Gasteiger partial charge in [0.2, 0.25) is 0 Å². The van der Waals surface area contributed by atoms with Gasteiger partial charge >= 0.3 is 0 Å². The maximum Gasteiger partial charge on any atom is 0.147 e. The van der Waals surface area contributed by atoms with E-state index in [0.717, 1.165) is 17.1 Å². The fourth-order valence-electron chi connectivity index (χ4n) is 2.81. The van der Waals surface area contributed by atoms with Crippen molar-refractivity contribution in [2.45, 2.75) is 18.9 Å². The molecule has 1 heterocycles. The highest BCUT2D eigenvalue weighted by Gasteiger charge is 2.30. The van der Waals surface area contributed by atoms with Gasteiger partial charge in [0.05, 0.1) is 39.9 Å². The number of benzene rings is 1. The molecular formula is C17H17FN4. The smallest absolute Gasteiger partial charge is 0.147 e. The number of nitriles is 1. The van der Waals surface area contributed by atoms with Crippen molar-refractivity contribution in [3.8, 4) is 6.07 Å². The Balaban J connectivity index is 2.06. The van der Waals surface area contributed by atoms with Crippen molar-refractivity contribution in [3.63, 3.8) is 0 Å². The second kappa shape index (κ2) is 4.99. The van der Waals surface area contributed by atoms with Crippen LogP contribution in [0.5, 0.6) is 0 Å². The number of aromatic nitrogens is 2. The predicted octanol–water partition coefficient (Wildman–Crippen LogP) is 1.29. The van der Waals surface area contributed by atoms with Crippen LogP contribution in [0.2, 0.25) is 0 Å². The van der Waals surface area contributed by atoms with Crippen LogP contribution in [0.1, 0.15) is 18.9 Å². The van der Waals surface area contributed by atoms with Crippen LogP contribution >= 0.6 is 0 Å². The highest BCUT2D eigenvalue weighted by molar-refractivity contribution is 5.60. The molecule has 0 saturated carbocycles. The second-order valence-electron chi connectivity index (χ2n) is 5.87. The van der Waals surface area contributed by atoms with E-state index < -0.39 is 0 Å². The number of anilines is 1. The van der Waals surface area contributed by atoms with Crippen molar-refractivity contribution in [3.05, 3.63) is 46.6 Å². The molecule has 22 heavy (non-hydrogen) atoms. The van der Waals surface area contributed by atoms with Gasteiger partial charge in [0, 0.05) is 14.1 Å². The van der Waals surface area contributed by atoms with Crippen LogP contribution in [0.15, 0.2) is 24.5 Å². The van der Waals surface area contributed by atoms with Gasteiger partial charge in [-0.25, -0.2) is 9.37 Å². The Bertz CT molecular complexity index is 890. The van der Waals surface area contributed by atoms with Crippen molar-refractivity contribution in [2.75, 3.05) is 11.9 Å². The lowest BCUT2D eigenvalue weighted by molar-refractivity contribution is 0.560. The number of aryl methyl sites for hydroxylation is 1. The van der Waals surface area contributed by atoms with Crippen molar-refractivity contribution < 1.29 is 4.39 Å². The van der Waals surface area contributed by atoms with Crippen LogP contribution in [0.4, 0.5) is 10.1 Å². The van der Waals surface area contributed by atoms with Crippen LogP contribution in [0.3, 0.4) is 0 Å². The van der Waals surface area contributed by atoms with Gasteiger partial charge in [0.1, 0.15) is 5.82 Å². The summed E-state index contributed by atoms with van der Waals surface area (Å²) in [5, 5.41) is 10.9. The Morgan fingerprint density at radius 2 is 2.23 bits per heavy atom. The quantitative estimate of drug-likeness (QED) is 0.839. The largest absolute Gasteiger partial charge is 0.363 e. The third-order valence-electron chi connectivity index (χ3n) is 4.37. The minimum atomic E-state index is -0.382. The fourth-order valence-corrected chi connectivity index (χ4v) is 2.81. The molecule has 3 rings (SSSR count). The van der Waals surface area contributed by atoms with Gasteiger partial charge in [-0.05, 0) is 37.6 Å². The molecule has 0 amide bonds. The number of nitrogens with zero attached hydrogens (tertiary/aromatic N) is 4. The molecule has 1 aromatic heterocycles. The molecule has 0 fully saturated rings. The summed E-state index contributed by atoms with van der Waals surface area (Å²) in [4.78, 5) is 6.25. The highest BCUT2D eigenvalue weighted by atomic mass is 19.1. The van der Waals surface area contributed by atoms with Crippen LogP contribution in [-0.4, -0.2) is 22.1 Å². The first-order valence-corrected chi connectivity index (χ1v) is 7.08. The van der Waals surface area contributed by atoms with Crippen molar-refractivity contribution >= 4 is 17.8 Å². The van der Waals surface area contributed by atoms with Crippen molar-refractivity contribution in [2.24, 2.45) is 7.05 Å². The Morgan fingerprint density at radius 1 is 1.45 bits per heavy atom. The van der Waals surface area contributed by atoms with E-state index in [-0.39, 0.29) is 11.4 Å². The van der Waals surface area contributed by atoms with Gasteiger partial charge in [0.25, 0.3) is 0 Å². The van der Waals surface area contributed by atoms with Crippen LogP contribution in [0.25, 0.3) is 12.2 Å². The number of rotatable bonds is 2. The topological polar surface area (TPSA) is 44.9 Å². The zero-order chi connectivity index (χ0) is 15.9. The third kappa shape index (κ3) is 2.17. The van der Waals surface area contributed by atoms with E-state index in [9.17, 15) is 4.39 Å². The first-order valence-electron chi connectivity index (χ1n) is 7.08. The maximum atomic E-state index is 14.3. The van der Waals surface area contributed by atoms with E-state index in [2.05, 4.69) is 24.1 Å². The van der Waals surface area contributed by atoms with Gasteiger partial charge in [-0.1, -0.05) is 6.08 Å². The molecule has 0 bridgehead atoms. The van der Waals surface area contributed by atoms with Crippen molar-refractivity contribution in [1.82, 2.24) is 9.55 Å². The highest BCUT2D eigenvalue weighted by Crippen LogP contribution is 2.30. The molecule has 0 aliphatic heterocycles. The summed E-state index contributed by atoms with van der Waals surface area (Å²) in [6.45, 7) is 2.07. The van der Waals surface area contributed by atoms with Gasteiger partial charge in [-0.2, -0.15) is 5.26 Å². The predicted molar refractivity (Wildman–Crippen MR) is 83.9 cm³/mol. The molecule has 1 unspecified atom stereocenters. The lowest BCUT2D eigenvalue weighted by atomic mass is 9.91. The summed E-state index contributed by atoms with van der Waals surface area (Å²) < 4.78 is 16.3. The first-order chi connectivity index (χ1) is 10.4. The second-order valence-corrected chi connectivity index (χ2v) is 5.87. The molecule has 2 aromatic rings. The normalized spacial score (nSPS) is 19.6. The summed E-state index contributed by atoms with van der Waals surface area (Å²) in [6, 6.07) is 6.53. The minimum Gasteiger partial charge on any atom is -0.363 e. The van der Waals surface area contributed by atoms with Crippen LogP contribution in [0, 0.1) is 17.1 Å². The molecule has 0 saturated heterocycles. The SMILES string of the molecule is CN(c1ccc(C#N)cc1F)C1(C)C=c2c(ncn2C)=CC1. The molecular weight excluding hydrogens is 279 g/mol. The molecule has 1 aliphatic rings. The number of fused-ring (bicyclic) bond motifs is 1. The van der Waals surface area contributed by atoms with E-state index in [4.69, 9.17) is 5.26 Å². The van der Waals surface area contributed by atoms with E-state index in [0.29, 0.717) is 11.3 Å². The van der Waals surface area contributed by atoms with E-state index >= 15 is 0 Å². The number of hydrogen-bond acceptors (Lipinski definition) is 3. The van der Waals surface area contributed by atoms with Gasteiger partial charge in [-0.3, -0.25) is 0 Å². The number of hydrogen-bond donors (Lipinski definition) is 0. The maximum absolute atomic E-state index is 14.3. The average molecular weight is 296 g/mol. The molecule has 0 radical (unpaired) electrons. The van der Waals surface area contributed by atoms with Crippen LogP contribution < -0.4 is 15.6 Å². The first kappa shape index (κ1) is 14.3. The molecule has 0 N–H and O–H groups in total. The minimum absolute atomic E-state index is 0.327. The van der Waals surface area contributed by atoms with Crippen molar-refractivity contribution in [1.29, 1.82) is 5.26 Å². The average Bonchev–Trinajstić information content (AvgIpc) is 2.87. The standard InChI is InChI=1S/C17H17FN4/c1-17(7-6-14-16(9-17)21(2)11-20-14)22(3)15-5-4-12(10-19)8-13(15)18/h4-6,8-9,11H,7H2,1-3H3. The Hall–Kier alpha value is -2.61. The lowest BCUT2D eigenvalue weighted by Gasteiger charge is -2.38. The lowest BCUT2D eigenvalue weighted by Crippen LogP contribution is -2.48. The molecule has 112 valence electrons.